The maximum absolute atomic E-state index is 12.5. The van der Waals surface area contributed by atoms with Gasteiger partial charge in [0, 0.05) is 13.5 Å². The van der Waals surface area contributed by atoms with Gasteiger partial charge in [-0.05, 0) is 30.7 Å². The van der Waals surface area contributed by atoms with Crippen LogP contribution in [0.3, 0.4) is 0 Å². The lowest BCUT2D eigenvalue weighted by Gasteiger charge is -2.33. The van der Waals surface area contributed by atoms with E-state index in [0.717, 1.165) is 11.0 Å². The van der Waals surface area contributed by atoms with Gasteiger partial charge in [0.15, 0.2) is 0 Å². The van der Waals surface area contributed by atoms with Crippen molar-refractivity contribution in [2.24, 2.45) is 0 Å². The van der Waals surface area contributed by atoms with E-state index in [2.05, 4.69) is 4.98 Å². The third kappa shape index (κ3) is 3.73. The molecule has 150 valence electrons. The number of ether oxygens (including phenoxy) is 2. The number of aromatic amines is 1. The summed E-state index contributed by atoms with van der Waals surface area (Å²) < 4.78 is 12.7. The molecule has 1 N–H and O–H groups in total. The van der Waals surface area contributed by atoms with Crippen LogP contribution in [0.15, 0.2) is 53.3 Å². The minimum Gasteiger partial charge on any atom is -0.475 e. The van der Waals surface area contributed by atoms with Crippen molar-refractivity contribution in [3.05, 3.63) is 59.0 Å². The number of esters is 1. The van der Waals surface area contributed by atoms with E-state index in [1.165, 1.54) is 11.8 Å². The number of benzene rings is 2. The smallest absolute Gasteiger partial charge is 0.349 e. The van der Waals surface area contributed by atoms with Crippen LogP contribution in [0.5, 0.6) is 5.75 Å². The van der Waals surface area contributed by atoms with Crippen molar-refractivity contribution in [3.8, 4) is 5.75 Å². The van der Waals surface area contributed by atoms with Crippen molar-refractivity contribution in [1.82, 2.24) is 9.55 Å². The summed E-state index contributed by atoms with van der Waals surface area (Å²) in [4.78, 5) is 40.8. The molecule has 8 nitrogen and oxygen atoms in total. The van der Waals surface area contributed by atoms with Gasteiger partial charge in [-0.25, -0.2) is 9.59 Å². The molecular formula is C21H21N3O5. The van der Waals surface area contributed by atoms with Gasteiger partial charge in [-0.15, -0.1) is 0 Å². The van der Waals surface area contributed by atoms with Crippen molar-refractivity contribution >= 4 is 28.6 Å². The molecular weight excluding hydrogens is 374 g/mol. The molecule has 0 saturated carbocycles. The zero-order valence-corrected chi connectivity index (χ0v) is 16.0. The second-order valence-electron chi connectivity index (χ2n) is 6.82. The maximum atomic E-state index is 12.5. The highest BCUT2D eigenvalue weighted by Crippen LogP contribution is 2.33. The molecule has 2 heterocycles. The molecule has 3 aromatic rings. The average molecular weight is 395 g/mol. The Bertz CT molecular complexity index is 1120. The van der Waals surface area contributed by atoms with Crippen molar-refractivity contribution in [2.45, 2.75) is 26.0 Å². The van der Waals surface area contributed by atoms with Gasteiger partial charge in [0.2, 0.25) is 12.0 Å². The Kier molecular flexibility index (Phi) is 5.07. The molecule has 1 atom stereocenters. The summed E-state index contributed by atoms with van der Waals surface area (Å²) in [6.07, 6.45) is -0.405. The molecule has 8 heteroatoms. The minimum absolute atomic E-state index is 0.104. The fourth-order valence-corrected chi connectivity index (χ4v) is 3.47. The predicted octanol–water partition coefficient (Wildman–Crippen LogP) is 2.08. The summed E-state index contributed by atoms with van der Waals surface area (Å²) in [6, 6.07) is 14.5. The second-order valence-corrected chi connectivity index (χ2v) is 6.82. The molecule has 0 radical (unpaired) electrons. The molecule has 1 aliphatic heterocycles. The molecule has 0 aliphatic carbocycles. The first-order chi connectivity index (χ1) is 14.0. The summed E-state index contributed by atoms with van der Waals surface area (Å²) in [5.41, 5.74) is 2.03. The van der Waals surface area contributed by atoms with Crippen LogP contribution in [-0.4, -0.2) is 40.7 Å². The van der Waals surface area contributed by atoms with Crippen molar-refractivity contribution in [1.29, 1.82) is 0 Å². The number of para-hydroxylation sites is 4. The van der Waals surface area contributed by atoms with E-state index >= 15 is 0 Å². The number of amides is 1. The van der Waals surface area contributed by atoms with E-state index in [0.29, 0.717) is 24.4 Å². The highest BCUT2D eigenvalue weighted by atomic mass is 16.6. The number of aromatic nitrogens is 2. The number of nitrogens with zero attached hydrogens (tertiary/aromatic N) is 2. The second kappa shape index (κ2) is 7.83. The summed E-state index contributed by atoms with van der Waals surface area (Å²) in [6.45, 7) is 2.12. The number of H-pyrrole nitrogens is 1. The van der Waals surface area contributed by atoms with Gasteiger partial charge < -0.3 is 19.4 Å². The highest BCUT2D eigenvalue weighted by Gasteiger charge is 2.33. The number of fused-ring (bicyclic) bond motifs is 2. The van der Waals surface area contributed by atoms with E-state index in [1.807, 2.05) is 30.3 Å². The van der Waals surface area contributed by atoms with E-state index in [9.17, 15) is 14.4 Å². The van der Waals surface area contributed by atoms with Crippen LogP contribution in [0.4, 0.5) is 5.69 Å². The summed E-state index contributed by atoms with van der Waals surface area (Å²) in [5.74, 6) is -0.226. The van der Waals surface area contributed by atoms with Crippen LogP contribution in [0.2, 0.25) is 0 Å². The molecule has 1 aromatic heterocycles. The lowest BCUT2D eigenvalue weighted by molar-refractivity contribution is -0.152. The molecule has 0 saturated heterocycles. The molecule has 1 aliphatic rings. The van der Waals surface area contributed by atoms with E-state index in [1.54, 1.807) is 22.8 Å². The number of carbonyl (C=O) groups excluding carboxylic acids is 2. The number of nitrogens with one attached hydrogen (secondary N) is 1. The first kappa shape index (κ1) is 18.8. The zero-order chi connectivity index (χ0) is 20.4. The molecule has 2 aromatic carbocycles. The number of imidazole rings is 1. The van der Waals surface area contributed by atoms with Crippen LogP contribution in [0.1, 0.15) is 13.3 Å². The van der Waals surface area contributed by atoms with Gasteiger partial charge in [-0.1, -0.05) is 24.3 Å². The molecule has 1 amide bonds. The number of hydrogen-bond acceptors (Lipinski definition) is 5. The first-order valence-corrected chi connectivity index (χ1v) is 9.42. The van der Waals surface area contributed by atoms with Gasteiger partial charge >= 0.3 is 11.7 Å². The fraction of sp³-hybridized carbons (Fsp3) is 0.286. The number of aryl methyl sites for hydroxylation is 1. The Morgan fingerprint density at radius 1 is 1.17 bits per heavy atom. The molecule has 1 unspecified atom stereocenters. The van der Waals surface area contributed by atoms with Crippen molar-refractivity contribution in [2.75, 3.05) is 18.1 Å². The van der Waals surface area contributed by atoms with Crippen LogP contribution < -0.4 is 15.3 Å². The average Bonchev–Trinajstić information content (AvgIpc) is 3.05. The van der Waals surface area contributed by atoms with Gasteiger partial charge in [0.25, 0.3) is 0 Å². The quantitative estimate of drug-likeness (QED) is 0.527. The van der Waals surface area contributed by atoms with Crippen LogP contribution >= 0.6 is 0 Å². The van der Waals surface area contributed by atoms with E-state index in [-0.39, 0.29) is 24.7 Å². The predicted molar refractivity (Wildman–Crippen MR) is 107 cm³/mol. The summed E-state index contributed by atoms with van der Waals surface area (Å²) in [7, 11) is 0. The van der Waals surface area contributed by atoms with Gasteiger partial charge in [0.1, 0.15) is 5.75 Å². The van der Waals surface area contributed by atoms with Crippen LogP contribution in [0.25, 0.3) is 11.0 Å². The van der Waals surface area contributed by atoms with Crippen molar-refractivity contribution < 1.29 is 19.1 Å². The lowest BCUT2D eigenvalue weighted by Crippen LogP contribution is -2.47. The van der Waals surface area contributed by atoms with Gasteiger partial charge in [-0.3, -0.25) is 9.36 Å². The van der Waals surface area contributed by atoms with Crippen LogP contribution in [0, 0.1) is 0 Å². The number of carbonyl (C=O) groups is 2. The monoisotopic (exact) mass is 395 g/mol. The Hall–Kier alpha value is -3.55. The molecule has 0 fully saturated rings. The molecule has 4 rings (SSSR count). The zero-order valence-electron chi connectivity index (χ0n) is 16.0. The molecule has 0 spiro atoms. The fourth-order valence-electron chi connectivity index (χ4n) is 3.47. The Balaban J connectivity index is 1.36. The number of anilines is 1. The molecule has 29 heavy (non-hydrogen) atoms. The largest absolute Gasteiger partial charge is 0.475 e. The topological polar surface area (TPSA) is 93.6 Å². The first-order valence-electron chi connectivity index (χ1n) is 9.42. The number of hydrogen-bond donors (Lipinski definition) is 1. The third-order valence-corrected chi connectivity index (χ3v) is 4.87. The van der Waals surface area contributed by atoms with Gasteiger partial charge in [-0.2, -0.15) is 0 Å². The normalized spacial score (nSPS) is 15.6. The van der Waals surface area contributed by atoms with Crippen LogP contribution in [-0.2, 0) is 20.9 Å². The number of rotatable bonds is 5. The van der Waals surface area contributed by atoms with E-state index < -0.39 is 12.1 Å². The third-order valence-electron chi connectivity index (χ3n) is 4.87. The summed E-state index contributed by atoms with van der Waals surface area (Å²) >= 11 is 0. The standard InChI is InChI=1S/C21H21N3O5/c1-14(25)24-13-19(29-18-10-5-4-9-17(18)24)20(26)28-12-6-11-23-16-8-3-2-7-15(16)22-21(23)27/h2-5,7-10,19H,6,11-13H2,1H3,(H,22,27). The maximum Gasteiger partial charge on any atom is 0.349 e. The summed E-state index contributed by atoms with van der Waals surface area (Å²) in [5, 5.41) is 0. The van der Waals surface area contributed by atoms with Gasteiger partial charge in [0.05, 0.1) is 29.9 Å². The Morgan fingerprint density at radius 2 is 1.93 bits per heavy atom. The minimum atomic E-state index is -0.885. The highest BCUT2D eigenvalue weighted by molar-refractivity contribution is 5.95. The Labute approximate surface area is 166 Å². The lowest BCUT2D eigenvalue weighted by atomic mass is 10.2. The Morgan fingerprint density at radius 3 is 2.76 bits per heavy atom. The molecule has 0 bridgehead atoms. The van der Waals surface area contributed by atoms with Crippen molar-refractivity contribution in [3.63, 3.8) is 0 Å². The van der Waals surface area contributed by atoms with E-state index in [4.69, 9.17) is 9.47 Å². The SMILES string of the molecule is CC(=O)N1CC(C(=O)OCCCn2c(=O)[nH]c3ccccc32)Oc2ccccc21.